The average Bonchev–Trinajstić information content (AvgIpc) is 2.91. The quantitative estimate of drug-likeness (QED) is 0.475. The van der Waals surface area contributed by atoms with Crippen LogP contribution in [0.4, 0.5) is 8.78 Å². The molecule has 0 fully saturated rings. The highest BCUT2D eigenvalue weighted by Crippen LogP contribution is 2.29. The summed E-state index contributed by atoms with van der Waals surface area (Å²) in [4.78, 5) is 16.3. The first-order valence-electron chi connectivity index (χ1n) is 6.73. The van der Waals surface area contributed by atoms with Gasteiger partial charge in [0.15, 0.2) is 10.9 Å². The molecule has 0 bridgehead atoms. The van der Waals surface area contributed by atoms with E-state index in [0.29, 0.717) is 21.6 Å². The van der Waals surface area contributed by atoms with Crippen molar-refractivity contribution in [2.75, 3.05) is 5.75 Å². The number of ketones is 1. The first-order chi connectivity index (χ1) is 11.1. The van der Waals surface area contributed by atoms with Crippen LogP contribution in [-0.4, -0.2) is 21.1 Å². The molecule has 1 aromatic heterocycles. The molecule has 0 saturated heterocycles. The summed E-state index contributed by atoms with van der Waals surface area (Å²) in [5.41, 5.74) is 1.32. The van der Waals surface area contributed by atoms with Gasteiger partial charge in [0.25, 0.3) is 0 Å². The second-order valence-corrected chi connectivity index (χ2v) is 6.13. The maximum atomic E-state index is 13.3. The molecule has 0 unspecified atom stereocenters. The van der Waals surface area contributed by atoms with Crippen molar-refractivity contribution in [2.24, 2.45) is 0 Å². The Balaban J connectivity index is 1.83. The van der Waals surface area contributed by atoms with Gasteiger partial charge in [-0.2, -0.15) is 8.78 Å². The number of carbonyl (C=O) groups is 1. The van der Waals surface area contributed by atoms with Crippen LogP contribution in [0.15, 0.2) is 53.7 Å². The van der Waals surface area contributed by atoms with E-state index < -0.39 is 6.55 Å². The SMILES string of the molecule is O=C(CSc1nc2ccccc2n1C(F)F)c1ccc(Cl)cc1. The minimum Gasteiger partial charge on any atom is -0.293 e. The summed E-state index contributed by atoms with van der Waals surface area (Å²) in [7, 11) is 0. The summed E-state index contributed by atoms with van der Waals surface area (Å²) in [6.45, 7) is -2.71. The number of rotatable bonds is 5. The number of hydrogen-bond acceptors (Lipinski definition) is 3. The van der Waals surface area contributed by atoms with Gasteiger partial charge in [-0.15, -0.1) is 0 Å². The number of alkyl halides is 2. The van der Waals surface area contributed by atoms with Gasteiger partial charge in [-0.05, 0) is 36.4 Å². The topological polar surface area (TPSA) is 34.9 Å². The third-order valence-electron chi connectivity index (χ3n) is 3.26. The molecule has 23 heavy (non-hydrogen) atoms. The molecule has 0 atom stereocenters. The fourth-order valence-corrected chi connectivity index (χ4v) is 3.19. The van der Waals surface area contributed by atoms with Crippen molar-refractivity contribution in [2.45, 2.75) is 11.7 Å². The molecule has 0 aliphatic rings. The van der Waals surface area contributed by atoms with E-state index in [9.17, 15) is 13.6 Å². The number of fused-ring (bicyclic) bond motifs is 1. The van der Waals surface area contributed by atoms with Crippen LogP contribution in [0.2, 0.25) is 5.02 Å². The van der Waals surface area contributed by atoms with Gasteiger partial charge in [0.2, 0.25) is 0 Å². The Morgan fingerprint density at radius 1 is 1.17 bits per heavy atom. The number of hydrogen-bond donors (Lipinski definition) is 0. The highest BCUT2D eigenvalue weighted by atomic mass is 35.5. The van der Waals surface area contributed by atoms with Gasteiger partial charge in [-0.3, -0.25) is 9.36 Å². The van der Waals surface area contributed by atoms with E-state index >= 15 is 0 Å². The molecule has 118 valence electrons. The number of benzene rings is 2. The van der Waals surface area contributed by atoms with Crippen molar-refractivity contribution < 1.29 is 13.6 Å². The summed E-state index contributed by atoms with van der Waals surface area (Å²) in [5.74, 6) is -0.142. The Hall–Kier alpha value is -1.92. The van der Waals surface area contributed by atoms with Crippen molar-refractivity contribution in [3.8, 4) is 0 Å². The molecule has 3 nitrogen and oxygen atoms in total. The van der Waals surface area contributed by atoms with E-state index in [1.165, 1.54) is 0 Å². The third-order valence-corrected chi connectivity index (χ3v) is 4.46. The monoisotopic (exact) mass is 352 g/mol. The predicted molar refractivity (Wildman–Crippen MR) is 87.5 cm³/mol. The molecule has 0 aliphatic heterocycles. The zero-order valence-electron chi connectivity index (χ0n) is 11.7. The van der Waals surface area contributed by atoms with Gasteiger partial charge < -0.3 is 0 Å². The molecular formula is C16H11ClF2N2OS. The van der Waals surface area contributed by atoms with Gasteiger partial charge in [0.1, 0.15) is 0 Å². The maximum Gasteiger partial charge on any atom is 0.321 e. The number of imidazole rings is 1. The molecule has 0 N–H and O–H groups in total. The van der Waals surface area contributed by atoms with E-state index in [1.54, 1.807) is 48.5 Å². The first-order valence-corrected chi connectivity index (χ1v) is 8.09. The standard InChI is InChI=1S/C16H11ClF2N2OS/c17-11-7-5-10(6-8-11)14(22)9-23-16-20-12-3-1-2-4-13(12)21(16)15(18)19/h1-8,15H,9H2. The number of carbonyl (C=O) groups excluding carboxylic acids is 1. The normalized spacial score (nSPS) is 11.3. The molecule has 0 radical (unpaired) electrons. The molecular weight excluding hydrogens is 342 g/mol. The lowest BCUT2D eigenvalue weighted by Crippen LogP contribution is -2.05. The van der Waals surface area contributed by atoms with E-state index in [0.717, 1.165) is 16.3 Å². The summed E-state index contributed by atoms with van der Waals surface area (Å²) in [5, 5.41) is 0.664. The predicted octanol–water partition coefficient (Wildman–Crippen LogP) is 5.06. The Kier molecular flexibility index (Phi) is 4.63. The van der Waals surface area contributed by atoms with E-state index in [1.807, 2.05) is 0 Å². The Morgan fingerprint density at radius 2 is 1.87 bits per heavy atom. The molecule has 3 aromatic rings. The van der Waals surface area contributed by atoms with Crippen molar-refractivity contribution in [1.82, 2.24) is 9.55 Å². The zero-order chi connectivity index (χ0) is 16.4. The minimum absolute atomic E-state index is 0.0255. The molecule has 0 spiro atoms. The van der Waals surface area contributed by atoms with Crippen LogP contribution in [-0.2, 0) is 0 Å². The van der Waals surface area contributed by atoms with E-state index in [4.69, 9.17) is 11.6 Å². The number of aromatic nitrogens is 2. The van der Waals surface area contributed by atoms with Gasteiger partial charge in [-0.1, -0.05) is 35.5 Å². The van der Waals surface area contributed by atoms with Crippen molar-refractivity contribution in [3.05, 3.63) is 59.1 Å². The largest absolute Gasteiger partial charge is 0.321 e. The summed E-state index contributed by atoms with van der Waals surface area (Å²) in [6, 6.07) is 13.1. The van der Waals surface area contributed by atoms with Crippen molar-refractivity contribution in [1.29, 1.82) is 0 Å². The van der Waals surface area contributed by atoms with Gasteiger partial charge in [0.05, 0.1) is 16.8 Å². The third kappa shape index (κ3) is 3.38. The number of thioether (sulfide) groups is 1. The Labute approximate surface area is 140 Å². The van der Waals surface area contributed by atoms with E-state index in [2.05, 4.69) is 4.98 Å². The van der Waals surface area contributed by atoms with Crippen LogP contribution in [0.3, 0.4) is 0 Å². The van der Waals surface area contributed by atoms with Crippen LogP contribution < -0.4 is 0 Å². The molecule has 7 heteroatoms. The molecule has 0 aliphatic carbocycles. The Morgan fingerprint density at radius 3 is 2.57 bits per heavy atom. The molecule has 0 amide bonds. The first kappa shape index (κ1) is 16.0. The zero-order valence-corrected chi connectivity index (χ0v) is 13.3. The van der Waals surface area contributed by atoms with Gasteiger partial charge >= 0.3 is 6.55 Å². The highest BCUT2D eigenvalue weighted by Gasteiger charge is 2.19. The summed E-state index contributed by atoms with van der Waals surface area (Å²) in [6.07, 6.45) is 0. The smallest absolute Gasteiger partial charge is 0.293 e. The average molecular weight is 353 g/mol. The van der Waals surface area contributed by atoms with Crippen molar-refractivity contribution >= 4 is 40.2 Å². The molecule has 1 heterocycles. The van der Waals surface area contributed by atoms with Gasteiger partial charge in [-0.25, -0.2) is 4.98 Å². The lowest BCUT2D eigenvalue weighted by molar-refractivity contribution is 0.0656. The number of para-hydroxylation sites is 2. The minimum atomic E-state index is -2.71. The second-order valence-electron chi connectivity index (χ2n) is 4.75. The fourth-order valence-electron chi connectivity index (χ4n) is 2.16. The van der Waals surface area contributed by atoms with Crippen molar-refractivity contribution in [3.63, 3.8) is 0 Å². The number of Topliss-reactive ketones (excluding diaryl/α,β-unsaturated/α-hetero) is 1. The second kappa shape index (κ2) is 6.68. The lowest BCUT2D eigenvalue weighted by atomic mass is 10.1. The number of halogens is 3. The molecule has 0 saturated carbocycles. The van der Waals surface area contributed by atoms with Crippen LogP contribution in [0.5, 0.6) is 0 Å². The summed E-state index contributed by atoms with van der Waals surface area (Å²) < 4.78 is 27.4. The van der Waals surface area contributed by atoms with Crippen LogP contribution in [0.1, 0.15) is 16.9 Å². The lowest BCUT2D eigenvalue weighted by Gasteiger charge is -2.07. The molecule has 3 rings (SSSR count). The summed E-state index contributed by atoms with van der Waals surface area (Å²) >= 11 is 6.77. The van der Waals surface area contributed by atoms with Gasteiger partial charge in [0, 0.05) is 10.6 Å². The fraction of sp³-hybridized carbons (Fsp3) is 0.125. The number of nitrogens with zero attached hydrogens (tertiary/aromatic N) is 2. The van der Waals surface area contributed by atoms with Crippen LogP contribution in [0.25, 0.3) is 11.0 Å². The van der Waals surface area contributed by atoms with Crippen LogP contribution >= 0.6 is 23.4 Å². The molecule has 2 aromatic carbocycles. The highest BCUT2D eigenvalue weighted by molar-refractivity contribution is 7.99. The van der Waals surface area contributed by atoms with Crippen LogP contribution in [0, 0.1) is 0 Å². The van der Waals surface area contributed by atoms with E-state index in [-0.39, 0.29) is 16.7 Å². The Bertz CT molecular complexity index is 849. The maximum absolute atomic E-state index is 13.3.